The number of hydrogen-bond donors (Lipinski definition) is 1. The van der Waals surface area contributed by atoms with Crippen molar-refractivity contribution in [3.05, 3.63) is 45.8 Å². The van der Waals surface area contributed by atoms with Gasteiger partial charge in [0.25, 0.3) is 0 Å². The minimum Gasteiger partial charge on any atom is -0.493 e. The van der Waals surface area contributed by atoms with Crippen LogP contribution in [0.1, 0.15) is 25.1 Å². The Hall–Kier alpha value is -1.13. The first-order valence-electron chi connectivity index (χ1n) is 5.98. The summed E-state index contributed by atoms with van der Waals surface area (Å²) in [6.45, 7) is 2.09. The molecule has 1 aromatic heterocycles. The van der Waals surface area contributed by atoms with E-state index in [9.17, 15) is 0 Å². The van der Waals surface area contributed by atoms with Crippen LogP contribution in [0, 0.1) is 0 Å². The van der Waals surface area contributed by atoms with Gasteiger partial charge in [0.2, 0.25) is 0 Å². The molecule has 3 nitrogen and oxygen atoms in total. The van der Waals surface area contributed by atoms with Gasteiger partial charge in [0.05, 0.1) is 29.6 Å². The zero-order valence-corrected chi connectivity index (χ0v) is 13.1. The number of methoxy groups -OCH3 is 1. The standard InChI is InChI=1S/C14H15BrClNO2/c1-3-11(13-5-4-6-19-13)17-12-8-9(16)7-10(15)14(12)18-2/h4-8,11,17H,3H2,1-2H3. The van der Waals surface area contributed by atoms with E-state index >= 15 is 0 Å². The fourth-order valence-corrected chi connectivity index (χ4v) is 2.90. The molecule has 0 saturated carbocycles. The van der Waals surface area contributed by atoms with Gasteiger partial charge in [-0.3, -0.25) is 0 Å². The first kappa shape index (κ1) is 14.3. The number of furan rings is 1. The zero-order chi connectivity index (χ0) is 13.8. The van der Waals surface area contributed by atoms with Gasteiger partial charge >= 0.3 is 0 Å². The van der Waals surface area contributed by atoms with Gasteiger partial charge in [-0.25, -0.2) is 0 Å². The molecular formula is C14H15BrClNO2. The van der Waals surface area contributed by atoms with Crippen molar-refractivity contribution in [2.45, 2.75) is 19.4 Å². The molecule has 0 aliphatic carbocycles. The summed E-state index contributed by atoms with van der Waals surface area (Å²) in [5, 5.41) is 4.04. The van der Waals surface area contributed by atoms with E-state index in [1.54, 1.807) is 19.4 Å². The Labute approximate surface area is 126 Å². The Morgan fingerprint density at radius 2 is 2.26 bits per heavy atom. The average Bonchev–Trinajstić information content (AvgIpc) is 2.89. The van der Waals surface area contributed by atoms with Gasteiger partial charge in [-0.2, -0.15) is 0 Å². The highest BCUT2D eigenvalue weighted by Crippen LogP contribution is 2.38. The first-order chi connectivity index (χ1) is 9.15. The van der Waals surface area contributed by atoms with Crippen LogP contribution in [0.15, 0.2) is 39.4 Å². The third-order valence-electron chi connectivity index (χ3n) is 2.84. The molecule has 2 aromatic rings. The van der Waals surface area contributed by atoms with Crippen molar-refractivity contribution < 1.29 is 9.15 Å². The molecule has 0 fully saturated rings. The third kappa shape index (κ3) is 3.25. The van der Waals surface area contributed by atoms with Crippen molar-refractivity contribution in [1.29, 1.82) is 0 Å². The molecule has 0 saturated heterocycles. The minimum absolute atomic E-state index is 0.0780. The second-order valence-corrected chi connectivity index (χ2v) is 5.38. The predicted octanol–water partition coefficient (Wildman–Crippen LogP) is 5.27. The highest BCUT2D eigenvalue weighted by atomic mass is 79.9. The lowest BCUT2D eigenvalue weighted by Crippen LogP contribution is -2.10. The molecule has 1 unspecified atom stereocenters. The van der Waals surface area contributed by atoms with Crippen LogP contribution in [0.2, 0.25) is 5.02 Å². The van der Waals surface area contributed by atoms with Gasteiger partial charge in [-0.15, -0.1) is 0 Å². The second kappa shape index (κ2) is 6.35. The number of anilines is 1. The SMILES string of the molecule is CCC(Nc1cc(Cl)cc(Br)c1OC)c1ccco1. The van der Waals surface area contributed by atoms with E-state index in [4.69, 9.17) is 20.8 Å². The van der Waals surface area contributed by atoms with Crippen LogP contribution in [0.4, 0.5) is 5.69 Å². The van der Waals surface area contributed by atoms with Crippen LogP contribution in [-0.2, 0) is 0 Å². The van der Waals surface area contributed by atoms with E-state index < -0.39 is 0 Å². The van der Waals surface area contributed by atoms with Crippen molar-refractivity contribution in [1.82, 2.24) is 0 Å². The smallest absolute Gasteiger partial charge is 0.156 e. The fraction of sp³-hybridized carbons (Fsp3) is 0.286. The van der Waals surface area contributed by atoms with E-state index in [-0.39, 0.29) is 6.04 Å². The predicted molar refractivity (Wildman–Crippen MR) is 81.1 cm³/mol. The molecule has 0 bridgehead atoms. The molecule has 0 spiro atoms. The largest absolute Gasteiger partial charge is 0.493 e. The van der Waals surface area contributed by atoms with Crippen molar-refractivity contribution in [2.24, 2.45) is 0 Å². The average molecular weight is 345 g/mol. The Kier molecular flexibility index (Phi) is 4.77. The molecule has 1 N–H and O–H groups in total. The number of halogens is 2. The fourth-order valence-electron chi connectivity index (χ4n) is 1.93. The number of benzene rings is 1. The quantitative estimate of drug-likeness (QED) is 0.802. The molecule has 102 valence electrons. The Balaban J connectivity index is 2.31. The van der Waals surface area contributed by atoms with E-state index in [1.807, 2.05) is 18.2 Å². The lowest BCUT2D eigenvalue weighted by Gasteiger charge is -2.19. The van der Waals surface area contributed by atoms with Crippen molar-refractivity contribution >= 4 is 33.2 Å². The highest BCUT2D eigenvalue weighted by Gasteiger charge is 2.16. The maximum Gasteiger partial charge on any atom is 0.156 e. The zero-order valence-electron chi connectivity index (χ0n) is 10.7. The van der Waals surface area contributed by atoms with E-state index in [1.165, 1.54) is 0 Å². The summed E-state index contributed by atoms with van der Waals surface area (Å²) in [6.07, 6.45) is 2.56. The summed E-state index contributed by atoms with van der Waals surface area (Å²) in [4.78, 5) is 0. The van der Waals surface area contributed by atoms with E-state index in [0.717, 1.165) is 28.1 Å². The first-order valence-corrected chi connectivity index (χ1v) is 7.15. The van der Waals surface area contributed by atoms with Crippen LogP contribution in [0.25, 0.3) is 0 Å². The maximum atomic E-state index is 6.08. The van der Waals surface area contributed by atoms with Gasteiger partial charge in [-0.1, -0.05) is 18.5 Å². The highest BCUT2D eigenvalue weighted by molar-refractivity contribution is 9.10. The number of hydrogen-bond acceptors (Lipinski definition) is 3. The van der Waals surface area contributed by atoms with Crippen LogP contribution >= 0.6 is 27.5 Å². The van der Waals surface area contributed by atoms with Crippen LogP contribution in [0.5, 0.6) is 5.75 Å². The van der Waals surface area contributed by atoms with Crippen molar-refractivity contribution in [2.75, 3.05) is 12.4 Å². The Bertz CT molecular complexity index is 543. The van der Waals surface area contributed by atoms with Gasteiger partial charge < -0.3 is 14.5 Å². The number of rotatable bonds is 5. The van der Waals surface area contributed by atoms with E-state index in [2.05, 4.69) is 28.2 Å². The molecule has 0 amide bonds. The molecule has 1 heterocycles. The molecule has 1 aromatic carbocycles. The van der Waals surface area contributed by atoms with Crippen molar-refractivity contribution in [3.8, 4) is 5.75 Å². The summed E-state index contributed by atoms with van der Waals surface area (Å²) >= 11 is 9.53. The molecule has 19 heavy (non-hydrogen) atoms. The Morgan fingerprint density at radius 1 is 1.47 bits per heavy atom. The van der Waals surface area contributed by atoms with Crippen LogP contribution in [0.3, 0.4) is 0 Å². The third-order valence-corrected chi connectivity index (χ3v) is 3.64. The summed E-state index contributed by atoms with van der Waals surface area (Å²) in [7, 11) is 1.63. The molecular weight excluding hydrogens is 330 g/mol. The lowest BCUT2D eigenvalue weighted by molar-refractivity contribution is 0.412. The topological polar surface area (TPSA) is 34.4 Å². The molecule has 5 heteroatoms. The molecule has 0 aliphatic rings. The maximum absolute atomic E-state index is 6.08. The molecule has 1 atom stereocenters. The van der Waals surface area contributed by atoms with Crippen molar-refractivity contribution in [3.63, 3.8) is 0 Å². The normalized spacial score (nSPS) is 12.2. The van der Waals surface area contributed by atoms with Gasteiger partial charge in [0.1, 0.15) is 5.76 Å². The lowest BCUT2D eigenvalue weighted by atomic mass is 10.1. The van der Waals surface area contributed by atoms with E-state index in [0.29, 0.717) is 5.02 Å². The monoisotopic (exact) mass is 343 g/mol. The number of ether oxygens (including phenoxy) is 1. The summed E-state index contributed by atoms with van der Waals surface area (Å²) in [5.74, 6) is 1.62. The molecule has 0 aliphatic heterocycles. The Morgan fingerprint density at radius 3 is 2.84 bits per heavy atom. The van der Waals surface area contributed by atoms with Gasteiger partial charge in [0, 0.05) is 5.02 Å². The summed E-state index contributed by atoms with van der Waals surface area (Å²) < 4.78 is 11.7. The van der Waals surface area contributed by atoms with Gasteiger partial charge in [-0.05, 0) is 46.6 Å². The molecule has 2 rings (SSSR count). The second-order valence-electron chi connectivity index (χ2n) is 4.09. The minimum atomic E-state index is 0.0780. The number of nitrogens with one attached hydrogen (secondary N) is 1. The summed E-state index contributed by atoms with van der Waals surface area (Å²) in [5.41, 5.74) is 0.838. The molecule has 0 radical (unpaired) electrons. The van der Waals surface area contributed by atoms with Gasteiger partial charge in [0.15, 0.2) is 5.75 Å². The van der Waals surface area contributed by atoms with Crippen LogP contribution in [-0.4, -0.2) is 7.11 Å². The summed E-state index contributed by atoms with van der Waals surface area (Å²) in [6, 6.07) is 7.56. The van der Waals surface area contributed by atoms with Crippen LogP contribution < -0.4 is 10.1 Å².